The Labute approximate surface area is 113 Å². The van der Waals surface area contributed by atoms with Gasteiger partial charge in [-0.25, -0.2) is 0 Å². The molecule has 0 amide bonds. The summed E-state index contributed by atoms with van der Waals surface area (Å²) in [5.74, 6) is 0. The molecule has 0 saturated heterocycles. The lowest BCUT2D eigenvalue weighted by Crippen LogP contribution is -1.94. The van der Waals surface area contributed by atoms with Crippen LogP contribution in [0.15, 0.2) is 35.7 Å². The number of hydrogen-bond donors (Lipinski definition) is 0. The first-order valence-electron chi connectivity index (χ1n) is 5.09. The average Bonchev–Trinajstić information content (AvgIpc) is 2.68. The van der Waals surface area contributed by atoms with Crippen LogP contribution in [0.4, 0.5) is 0 Å². The number of alkyl halides is 1. The van der Waals surface area contributed by atoms with E-state index in [2.05, 4.69) is 46.4 Å². The molecule has 0 spiro atoms. The molecule has 1 aromatic carbocycles. The standard InChI is InChI=1S/C13H12BrClS/c1-9-6-7-16-13(9)12(14)8-10-2-4-11(15)5-3-10/h2-7,12H,8H2,1H3. The lowest BCUT2D eigenvalue weighted by Gasteiger charge is -2.09. The third-order valence-electron chi connectivity index (χ3n) is 2.51. The number of aryl methyl sites for hydroxylation is 1. The Morgan fingerprint density at radius 3 is 2.50 bits per heavy atom. The van der Waals surface area contributed by atoms with E-state index in [9.17, 15) is 0 Å². The molecule has 1 heterocycles. The summed E-state index contributed by atoms with van der Waals surface area (Å²) in [5.41, 5.74) is 2.67. The summed E-state index contributed by atoms with van der Waals surface area (Å²) in [4.78, 5) is 1.81. The zero-order valence-corrected chi connectivity index (χ0v) is 12.1. The topological polar surface area (TPSA) is 0 Å². The fourth-order valence-electron chi connectivity index (χ4n) is 1.63. The van der Waals surface area contributed by atoms with Crippen LogP contribution in [0.2, 0.25) is 5.02 Å². The molecule has 0 radical (unpaired) electrons. The molecule has 0 nitrogen and oxygen atoms in total. The molecule has 0 fully saturated rings. The summed E-state index contributed by atoms with van der Waals surface area (Å²) in [6.07, 6.45) is 0.999. The number of halogens is 2. The van der Waals surface area contributed by atoms with Crippen LogP contribution in [-0.2, 0) is 6.42 Å². The zero-order valence-electron chi connectivity index (χ0n) is 8.91. The molecule has 0 aliphatic rings. The minimum Gasteiger partial charge on any atom is -0.147 e. The van der Waals surface area contributed by atoms with Gasteiger partial charge < -0.3 is 0 Å². The van der Waals surface area contributed by atoms with E-state index in [1.807, 2.05) is 23.5 Å². The molecule has 2 aromatic rings. The number of thiophene rings is 1. The van der Waals surface area contributed by atoms with E-state index in [-0.39, 0.29) is 0 Å². The van der Waals surface area contributed by atoms with Crippen LogP contribution < -0.4 is 0 Å². The van der Waals surface area contributed by atoms with Crippen molar-refractivity contribution in [2.75, 3.05) is 0 Å². The molecule has 2 rings (SSSR count). The van der Waals surface area contributed by atoms with Crippen LogP contribution in [-0.4, -0.2) is 0 Å². The van der Waals surface area contributed by atoms with Crippen LogP contribution in [0.1, 0.15) is 20.8 Å². The molecule has 0 saturated carbocycles. The fraction of sp³-hybridized carbons (Fsp3) is 0.231. The average molecular weight is 316 g/mol. The fourth-order valence-corrected chi connectivity index (χ4v) is 3.71. The SMILES string of the molecule is Cc1ccsc1C(Br)Cc1ccc(Cl)cc1. The van der Waals surface area contributed by atoms with Gasteiger partial charge in [0.25, 0.3) is 0 Å². The van der Waals surface area contributed by atoms with Crippen LogP contribution in [0.5, 0.6) is 0 Å². The molecular formula is C13H12BrClS. The normalized spacial score (nSPS) is 12.7. The maximum atomic E-state index is 5.86. The van der Waals surface area contributed by atoms with Crippen LogP contribution in [0.25, 0.3) is 0 Å². The van der Waals surface area contributed by atoms with E-state index < -0.39 is 0 Å². The van der Waals surface area contributed by atoms with Crippen molar-refractivity contribution in [1.82, 2.24) is 0 Å². The first kappa shape index (κ1) is 12.2. The predicted octanol–water partition coefficient (Wildman–Crippen LogP) is 5.39. The van der Waals surface area contributed by atoms with Gasteiger partial charge in [-0.05, 0) is 48.1 Å². The predicted molar refractivity (Wildman–Crippen MR) is 75.9 cm³/mol. The molecule has 1 unspecified atom stereocenters. The van der Waals surface area contributed by atoms with Crippen molar-refractivity contribution >= 4 is 38.9 Å². The second-order valence-electron chi connectivity index (χ2n) is 3.77. The Balaban J connectivity index is 2.10. The first-order valence-corrected chi connectivity index (χ1v) is 7.26. The number of rotatable bonds is 3. The van der Waals surface area contributed by atoms with Gasteiger partial charge in [-0.3, -0.25) is 0 Å². The summed E-state index contributed by atoms with van der Waals surface area (Å²) in [6, 6.07) is 10.2. The molecule has 3 heteroatoms. The highest BCUT2D eigenvalue weighted by Crippen LogP contribution is 2.33. The summed E-state index contributed by atoms with van der Waals surface area (Å²) >= 11 is 11.4. The lowest BCUT2D eigenvalue weighted by atomic mass is 10.1. The number of hydrogen-bond acceptors (Lipinski definition) is 1. The highest BCUT2D eigenvalue weighted by Gasteiger charge is 2.12. The highest BCUT2D eigenvalue weighted by atomic mass is 79.9. The van der Waals surface area contributed by atoms with E-state index in [0.717, 1.165) is 11.4 Å². The monoisotopic (exact) mass is 314 g/mol. The van der Waals surface area contributed by atoms with Crippen molar-refractivity contribution in [1.29, 1.82) is 0 Å². The molecular weight excluding hydrogens is 304 g/mol. The van der Waals surface area contributed by atoms with Crippen molar-refractivity contribution in [2.24, 2.45) is 0 Å². The maximum absolute atomic E-state index is 5.86. The molecule has 0 aliphatic heterocycles. The smallest absolute Gasteiger partial charge is 0.0532 e. The van der Waals surface area contributed by atoms with Gasteiger partial charge in [-0.1, -0.05) is 39.7 Å². The Hall–Kier alpha value is -0.310. The van der Waals surface area contributed by atoms with Gasteiger partial charge in [0.15, 0.2) is 0 Å². The molecule has 1 aromatic heterocycles. The van der Waals surface area contributed by atoms with Crippen molar-refractivity contribution in [2.45, 2.75) is 18.2 Å². The van der Waals surface area contributed by atoms with E-state index >= 15 is 0 Å². The van der Waals surface area contributed by atoms with Gasteiger partial charge in [0.1, 0.15) is 0 Å². The second-order valence-corrected chi connectivity index (χ2v) is 6.26. The minimum atomic E-state index is 0.397. The Kier molecular flexibility index (Phi) is 4.06. The summed E-state index contributed by atoms with van der Waals surface area (Å²) in [7, 11) is 0. The lowest BCUT2D eigenvalue weighted by molar-refractivity contribution is 0.961. The quantitative estimate of drug-likeness (QED) is 0.666. The summed E-state index contributed by atoms with van der Waals surface area (Å²) in [6.45, 7) is 2.15. The van der Waals surface area contributed by atoms with Crippen molar-refractivity contribution < 1.29 is 0 Å². The number of benzene rings is 1. The van der Waals surface area contributed by atoms with Gasteiger partial charge >= 0.3 is 0 Å². The van der Waals surface area contributed by atoms with Crippen LogP contribution >= 0.6 is 38.9 Å². The van der Waals surface area contributed by atoms with Crippen molar-refractivity contribution in [3.8, 4) is 0 Å². The van der Waals surface area contributed by atoms with Crippen molar-refractivity contribution in [3.63, 3.8) is 0 Å². The molecule has 0 bridgehead atoms. The van der Waals surface area contributed by atoms with E-state index in [1.165, 1.54) is 16.0 Å². The third-order valence-corrected chi connectivity index (χ3v) is 4.98. The van der Waals surface area contributed by atoms with Crippen molar-refractivity contribution in [3.05, 3.63) is 56.7 Å². The Morgan fingerprint density at radius 2 is 1.94 bits per heavy atom. The minimum absolute atomic E-state index is 0.397. The second kappa shape index (κ2) is 5.35. The Morgan fingerprint density at radius 1 is 1.25 bits per heavy atom. The summed E-state index contributed by atoms with van der Waals surface area (Å²) < 4.78 is 0. The highest BCUT2D eigenvalue weighted by molar-refractivity contribution is 9.09. The Bertz CT molecular complexity index is 461. The molecule has 16 heavy (non-hydrogen) atoms. The third kappa shape index (κ3) is 2.88. The molecule has 1 atom stereocenters. The van der Waals surface area contributed by atoms with Crippen LogP contribution in [0.3, 0.4) is 0 Å². The largest absolute Gasteiger partial charge is 0.147 e. The molecule has 84 valence electrons. The maximum Gasteiger partial charge on any atom is 0.0532 e. The van der Waals surface area contributed by atoms with Gasteiger partial charge in [0.2, 0.25) is 0 Å². The summed E-state index contributed by atoms with van der Waals surface area (Å²) in [5, 5.41) is 2.93. The van der Waals surface area contributed by atoms with Gasteiger partial charge in [0, 0.05) is 9.90 Å². The van der Waals surface area contributed by atoms with E-state index in [1.54, 1.807) is 0 Å². The van der Waals surface area contributed by atoms with E-state index in [0.29, 0.717) is 4.83 Å². The van der Waals surface area contributed by atoms with Gasteiger partial charge in [-0.15, -0.1) is 11.3 Å². The molecule has 0 aliphatic carbocycles. The van der Waals surface area contributed by atoms with E-state index in [4.69, 9.17) is 11.6 Å². The van der Waals surface area contributed by atoms with Crippen LogP contribution in [0, 0.1) is 6.92 Å². The molecule has 0 N–H and O–H groups in total. The first-order chi connectivity index (χ1) is 7.66. The van der Waals surface area contributed by atoms with Gasteiger partial charge in [-0.2, -0.15) is 0 Å². The van der Waals surface area contributed by atoms with Gasteiger partial charge in [0.05, 0.1) is 4.83 Å². The zero-order chi connectivity index (χ0) is 11.5.